The molecule has 2 heterocycles. The van der Waals surface area contributed by atoms with Crippen molar-refractivity contribution in [2.24, 2.45) is 0 Å². The van der Waals surface area contributed by atoms with Crippen LogP contribution in [-0.4, -0.2) is 193 Å². The Bertz CT molecular complexity index is 840. The van der Waals surface area contributed by atoms with Gasteiger partial charge in [0.05, 0.1) is 13.2 Å². The number of hydrogen-bond acceptors (Lipinski definition) is 18. The quantitative estimate of drug-likeness (QED) is 0.128. The van der Waals surface area contributed by atoms with E-state index in [0.29, 0.717) is 0 Å². The molecule has 15 N–H and O–H groups in total. The fourth-order valence-corrected chi connectivity index (χ4v) is 2.46. The second-order valence-corrected chi connectivity index (χ2v) is 9.20. The molecule has 25 heteroatoms. The maximum atomic E-state index is 9.78. The molecule has 0 aliphatic carbocycles. The van der Waals surface area contributed by atoms with E-state index in [1.165, 1.54) is 0 Å². The lowest BCUT2D eigenvalue weighted by atomic mass is 9.98. The molecule has 51 heavy (non-hydrogen) atoms. The third-order valence-corrected chi connectivity index (χ3v) is 3.96. The Balaban J connectivity index is -0.000000147. The van der Waals surface area contributed by atoms with Gasteiger partial charge in [-0.2, -0.15) is 0 Å². The van der Waals surface area contributed by atoms with Crippen LogP contribution in [0.15, 0.2) is 0 Å². The standard InChI is InChI=1S/C12H22O11.7C2H4O2/c13-1-3-5(14)8(17)10(19)12(23-3)21-2-4-6(15)7(16)9(18)11(20)22-4;7*1-2(3)4/h3-20H,1-2H2;7*1H3,(H,3,4)/t3-,4-,5+,6-,7+,8+,9-,10-,11+,12+;;;;;;;/m1......./s1. The van der Waals surface area contributed by atoms with Gasteiger partial charge in [-0.25, -0.2) is 0 Å². The molecule has 0 aromatic heterocycles. The summed E-state index contributed by atoms with van der Waals surface area (Å²) >= 11 is 0. The van der Waals surface area contributed by atoms with Crippen LogP contribution in [0.3, 0.4) is 0 Å². The van der Waals surface area contributed by atoms with E-state index in [-0.39, 0.29) is 0 Å². The second-order valence-electron chi connectivity index (χ2n) is 9.20. The Kier molecular flexibility index (Phi) is 39.7. The topological polar surface area (TPSA) is 451 Å². The molecule has 0 amide bonds. The SMILES string of the molecule is CC(=O)O.CC(=O)O.CC(=O)O.CC(=O)O.CC(=O)O.CC(=O)O.CC(=O)O.OC[C@H]1O[C@H](OC[C@H]2O[C@H](O)[C@H](O)[C@@H](O)[C@@H]2O)[C@H](O)[C@@H](O)[C@H]1O. The monoisotopic (exact) mass is 762 g/mol. The summed E-state index contributed by atoms with van der Waals surface area (Å²) in [6, 6.07) is 0. The van der Waals surface area contributed by atoms with Gasteiger partial charge in [0.1, 0.15) is 48.8 Å². The summed E-state index contributed by atoms with van der Waals surface area (Å²) in [4.78, 5) is 63.0. The first-order chi connectivity index (χ1) is 22.9. The first-order valence-electron chi connectivity index (χ1n) is 13.6. The summed E-state index contributed by atoms with van der Waals surface area (Å²) in [7, 11) is 0. The average molecular weight is 763 g/mol. The van der Waals surface area contributed by atoms with Gasteiger partial charge in [0.15, 0.2) is 12.6 Å². The van der Waals surface area contributed by atoms with Gasteiger partial charge in [-0.3, -0.25) is 33.6 Å². The first-order valence-corrected chi connectivity index (χ1v) is 13.6. The maximum Gasteiger partial charge on any atom is 0.300 e. The molecule has 0 radical (unpaired) electrons. The lowest BCUT2D eigenvalue weighted by Crippen LogP contribution is -2.61. The molecular formula is C26H50O25. The fourth-order valence-electron chi connectivity index (χ4n) is 2.46. The van der Waals surface area contributed by atoms with Crippen molar-refractivity contribution < 1.29 is 124 Å². The number of carboxylic acid groups (broad SMARTS) is 7. The molecule has 304 valence electrons. The zero-order valence-electron chi connectivity index (χ0n) is 28.5. The van der Waals surface area contributed by atoms with E-state index in [1.807, 2.05) is 0 Å². The van der Waals surface area contributed by atoms with Gasteiger partial charge in [-0.05, 0) is 0 Å². The van der Waals surface area contributed by atoms with Crippen LogP contribution < -0.4 is 0 Å². The maximum absolute atomic E-state index is 9.78. The van der Waals surface area contributed by atoms with Crippen molar-refractivity contribution in [3.63, 3.8) is 0 Å². The van der Waals surface area contributed by atoms with E-state index in [1.54, 1.807) is 0 Å². The highest BCUT2D eigenvalue weighted by atomic mass is 16.7. The van der Waals surface area contributed by atoms with Crippen molar-refractivity contribution in [1.29, 1.82) is 0 Å². The van der Waals surface area contributed by atoms with E-state index < -0.39 is 116 Å². The number of carboxylic acids is 7. The van der Waals surface area contributed by atoms with Crippen LogP contribution in [0.5, 0.6) is 0 Å². The summed E-state index contributed by atoms with van der Waals surface area (Å²) < 4.78 is 15.1. The Morgan fingerprint density at radius 3 is 0.961 bits per heavy atom. The van der Waals surface area contributed by atoms with Gasteiger partial charge in [0.2, 0.25) is 0 Å². The van der Waals surface area contributed by atoms with Gasteiger partial charge < -0.3 is 90.8 Å². The largest absolute Gasteiger partial charge is 0.481 e. The lowest BCUT2D eigenvalue weighted by Gasteiger charge is -2.41. The van der Waals surface area contributed by atoms with Crippen molar-refractivity contribution in [3.05, 3.63) is 0 Å². The van der Waals surface area contributed by atoms with Crippen molar-refractivity contribution >= 4 is 41.8 Å². The lowest BCUT2D eigenvalue weighted by molar-refractivity contribution is -0.325. The molecule has 2 aliphatic rings. The van der Waals surface area contributed by atoms with Crippen LogP contribution >= 0.6 is 0 Å². The third kappa shape index (κ3) is 48.0. The van der Waals surface area contributed by atoms with Crippen LogP contribution in [-0.2, 0) is 47.8 Å². The molecule has 2 aliphatic heterocycles. The fraction of sp³-hybridized carbons (Fsp3) is 0.731. The minimum atomic E-state index is -1.74. The van der Waals surface area contributed by atoms with Gasteiger partial charge >= 0.3 is 0 Å². The highest BCUT2D eigenvalue weighted by molar-refractivity contribution is 5.64. The van der Waals surface area contributed by atoms with Crippen LogP contribution in [0.4, 0.5) is 0 Å². The normalized spacial score (nSPS) is 26.7. The molecule has 25 nitrogen and oxygen atoms in total. The Morgan fingerprint density at radius 2 is 0.686 bits per heavy atom. The number of carbonyl (C=O) groups is 7. The molecule has 0 saturated carbocycles. The van der Waals surface area contributed by atoms with E-state index >= 15 is 0 Å². The molecule has 2 saturated heterocycles. The summed E-state index contributed by atoms with van der Waals surface area (Å²) in [5.41, 5.74) is 0. The minimum absolute atomic E-state index is 0.468. The smallest absolute Gasteiger partial charge is 0.300 e. The number of aliphatic hydroxyl groups excluding tert-OH is 8. The molecule has 0 unspecified atom stereocenters. The minimum Gasteiger partial charge on any atom is -0.481 e. The number of rotatable bonds is 4. The number of ether oxygens (including phenoxy) is 3. The molecule has 0 aromatic carbocycles. The van der Waals surface area contributed by atoms with E-state index in [4.69, 9.17) is 88.6 Å². The molecule has 2 rings (SSSR count). The number of hydrogen-bond donors (Lipinski definition) is 15. The van der Waals surface area contributed by atoms with Crippen molar-refractivity contribution in [3.8, 4) is 0 Å². The number of aliphatic hydroxyl groups is 8. The highest BCUT2D eigenvalue weighted by Gasteiger charge is 2.46. The van der Waals surface area contributed by atoms with Crippen LogP contribution in [0, 0.1) is 0 Å². The van der Waals surface area contributed by atoms with Crippen LogP contribution in [0.1, 0.15) is 48.5 Å². The van der Waals surface area contributed by atoms with Gasteiger partial charge in [0, 0.05) is 48.5 Å². The predicted molar refractivity (Wildman–Crippen MR) is 162 cm³/mol. The molecular weight excluding hydrogens is 712 g/mol. The van der Waals surface area contributed by atoms with Gasteiger partial charge in [-0.15, -0.1) is 0 Å². The molecule has 0 bridgehead atoms. The number of aliphatic carboxylic acids is 7. The Hall–Kier alpha value is -4.15. The Morgan fingerprint density at radius 1 is 0.431 bits per heavy atom. The van der Waals surface area contributed by atoms with E-state index in [2.05, 4.69) is 0 Å². The predicted octanol–water partition coefficient (Wildman–Crippen LogP) is -4.76. The zero-order valence-corrected chi connectivity index (χ0v) is 28.5. The Labute approximate surface area is 289 Å². The van der Waals surface area contributed by atoms with Crippen molar-refractivity contribution in [2.45, 2.75) is 110 Å². The van der Waals surface area contributed by atoms with Crippen LogP contribution in [0.2, 0.25) is 0 Å². The van der Waals surface area contributed by atoms with Gasteiger partial charge in [0.25, 0.3) is 41.8 Å². The summed E-state index contributed by atoms with van der Waals surface area (Å²) in [6.45, 7) is 6.49. The molecule has 0 spiro atoms. The average Bonchev–Trinajstić information content (AvgIpc) is 2.90. The zero-order chi connectivity index (χ0) is 42.4. The van der Waals surface area contributed by atoms with Crippen molar-refractivity contribution in [1.82, 2.24) is 0 Å². The molecule has 0 aromatic rings. The third-order valence-electron chi connectivity index (χ3n) is 3.96. The highest BCUT2D eigenvalue weighted by Crippen LogP contribution is 2.24. The van der Waals surface area contributed by atoms with E-state index in [9.17, 15) is 35.7 Å². The summed E-state index contributed by atoms with van der Waals surface area (Å²) in [5.74, 6) is -5.83. The molecule has 10 atom stereocenters. The summed E-state index contributed by atoms with van der Waals surface area (Å²) in [6.07, 6.45) is -15.3. The second kappa shape index (κ2) is 34.3. The van der Waals surface area contributed by atoms with Gasteiger partial charge in [-0.1, -0.05) is 0 Å². The first kappa shape index (κ1) is 59.0. The van der Waals surface area contributed by atoms with Crippen LogP contribution in [0.25, 0.3) is 0 Å². The van der Waals surface area contributed by atoms with Crippen molar-refractivity contribution in [2.75, 3.05) is 13.2 Å². The summed E-state index contributed by atoms with van der Waals surface area (Å²) in [5, 5.41) is 128. The van der Waals surface area contributed by atoms with E-state index in [0.717, 1.165) is 48.5 Å². The molecule has 2 fully saturated rings.